The summed E-state index contributed by atoms with van der Waals surface area (Å²) in [6.07, 6.45) is 4.90. The topological polar surface area (TPSA) is 62.5 Å². The standard InChI is InChI=1S/C15H22N4O/c1-10(2)15-17-14-7-6-11(9-19(14)18-15)8-16-12-4-3-5-13(12)20/h6-7,9-10,12-13,16,20H,3-5,8H2,1-2H3. The van der Waals surface area contributed by atoms with Crippen LogP contribution in [0, 0.1) is 0 Å². The fourth-order valence-electron chi connectivity index (χ4n) is 2.72. The summed E-state index contributed by atoms with van der Waals surface area (Å²) in [5.74, 6) is 1.21. The predicted octanol–water partition coefficient (Wildman–Crippen LogP) is 1.86. The second-order valence-electron chi connectivity index (χ2n) is 5.95. The Morgan fingerprint density at radius 1 is 1.40 bits per heavy atom. The molecule has 0 aromatic carbocycles. The van der Waals surface area contributed by atoms with Gasteiger partial charge in [0, 0.05) is 24.7 Å². The SMILES string of the molecule is CC(C)c1nc2ccc(CNC3CCCC3O)cn2n1. The third-order valence-electron chi connectivity index (χ3n) is 3.97. The molecule has 0 radical (unpaired) electrons. The summed E-state index contributed by atoms with van der Waals surface area (Å²) in [5.41, 5.74) is 2.05. The third-order valence-corrected chi connectivity index (χ3v) is 3.97. The van der Waals surface area contributed by atoms with Crippen molar-refractivity contribution in [2.75, 3.05) is 0 Å². The highest BCUT2D eigenvalue weighted by molar-refractivity contribution is 5.39. The maximum absolute atomic E-state index is 9.81. The Morgan fingerprint density at radius 2 is 2.25 bits per heavy atom. The summed E-state index contributed by atoms with van der Waals surface area (Å²) < 4.78 is 1.84. The van der Waals surface area contributed by atoms with Gasteiger partial charge in [-0.3, -0.25) is 0 Å². The van der Waals surface area contributed by atoms with Crippen LogP contribution in [-0.2, 0) is 6.54 Å². The van der Waals surface area contributed by atoms with Crippen molar-refractivity contribution in [3.05, 3.63) is 29.7 Å². The molecule has 2 aromatic heterocycles. The van der Waals surface area contributed by atoms with Crippen LogP contribution in [0.1, 0.15) is 50.4 Å². The molecule has 1 aliphatic carbocycles. The molecule has 1 aliphatic rings. The normalized spacial score (nSPS) is 23.0. The average Bonchev–Trinajstić information content (AvgIpc) is 3.01. The summed E-state index contributed by atoms with van der Waals surface area (Å²) in [7, 11) is 0. The third kappa shape index (κ3) is 2.69. The molecule has 2 heterocycles. The first-order valence-electron chi connectivity index (χ1n) is 7.40. The lowest BCUT2D eigenvalue weighted by Gasteiger charge is -2.16. The van der Waals surface area contributed by atoms with E-state index in [-0.39, 0.29) is 12.1 Å². The molecule has 0 spiro atoms. The van der Waals surface area contributed by atoms with Crippen molar-refractivity contribution in [1.82, 2.24) is 19.9 Å². The van der Waals surface area contributed by atoms with E-state index in [1.54, 1.807) is 0 Å². The molecule has 2 aromatic rings. The quantitative estimate of drug-likeness (QED) is 0.893. The Balaban J connectivity index is 1.72. The monoisotopic (exact) mass is 274 g/mol. The van der Waals surface area contributed by atoms with Crippen molar-refractivity contribution >= 4 is 5.65 Å². The van der Waals surface area contributed by atoms with Gasteiger partial charge in [0.1, 0.15) is 0 Å². The zero-order chi connectivity index (χ0) is 14.1. The fraction of sp³-hybridized carbons (Fsp3) is 0.600. The average molecular weight is 274 g/mol. The van der Waals surface area contributed by atoms with Crippen LogP contribution in [0.3, 0.4) is 0 Å². The van der Waals surface area contributed by atoms with Gasteiger partial charge in [-0.25, -0.2) is 9.50 Å². The molecular formula is C15H22N4O. The first-order valence-corrected chi connectivity index (χ1v) is 7.40. The van der Waals surface area contributed by atoms with Gasteiger partial charge in [0.15, 0.2) is 11.5 Å². The Hall–Kier alpha value is -1.46. The smallest absolute Gasteiger partial charge is 0.155 e. The van der Waals surface area contributed by atoms with Crippen molar-refractivity contribution in [2.45, 2.75) is 57.7 Å². The van der Waals surface area contributed by atoms with Gasteiger partial charge in [-0.15, -0.1) is 0 Å². The molecular weight excluding hydrogens is 252 g/mol. The van der Waals surface area contributed by atoms with Gasteiger partial charge in [-0.05, 0) is 30.9 Å². The van der Waals surface area contributed by atoms with Crippen LogP contribution in [0.5, 0.6) is 0 Å². The number of rotatable bonds is 4. The number of fused-ring (bicyclic) bond motifs is 1. The van der Waals surface area contributed by atoms with Crippen LogP contribution in [0.2, 0.25) is 0 Å². The largest absolute Gasteiger partial charge is 0.392 e. The van der Waals surface area contributed by atoms with Gasteiger partial charge in [-0.2, -0.15) is 5.10 Å². The van der Waals surface area contributed by atoms with Gasteiger partial charge < -0.3 is 10.4 Å². The number of hydrogen-bond donors (Lipinski definition) is 2. The van der Waals surface area contributed by atoms with E-state index in [4.69, 9.17) is 0 Å². The van der Waals surface area contributed by atoms with E-state index in [9.17, 15) is 5.11 Å². The Labute approximate surface area is 119 Å². The molecule has 3 rings (SSSR count). The first-order chi connectivity index (χ1) is 9.63. The minimum atomic E-state index is -0.197. The lowest BCUT2D eigenvalue weighted by atomic mass is 10.2. The van der Waals surface area contributed by atoms with Crippen molar-refractivity contribution < 1.29 is 5.11 Å². The molecule has 5 heteroatoms. The van der Waals surface area contributed by atoms with E-state index in [1.807, 2.05) is 16.8 Å². The summed E-state index contributed by atoms with van der Waals surface area (Å²) >= 11 is 0. The Kier molecular flexibility index (Phi) is 3.72. The molecule has 0 bridgehead atoms. The van der Waals surface area contributed by atoms with Crippen LogP contribution < -0.4 is 5.32 Å². The van der Waals surface area contributed by atoms with Gasteiger partial charge in [0.25, 0.3) is 0 Å². The van der Waals surface area contributed by atoms with Gasteiger partial charge in [-0.1, -0.05) is 19.9 Å². The molecule has 2 N–H and O–H groups in total. The maximum atomic E-state index is 9.81. The van der Waals surface area contributed by atoms with Crippen LogP contribution >= 0.6 is 0 Å². The highest BCUT2D eigenvalue weighted by atomic mass is 16.3. The Bertz CT molecular complexity index is 593. The molecule has 2 atom stereocenters. The summed E-state index contributed by atoms with van der Waals surface area (Å²) in [6.45, 7) is 4.95. The number of nitrogens with one attached hydrogen (secondary N) is 1. The van der Waals surface area contributed by atoms with Crippen LogP contribution in [0.15, 0.2) is 18.3 Å². The second-order valence-corrected chi connectivity index (χ2v) is 5.95. The number of pyridine rings is 1. The molecule has 0 aliphatic heterocycles. The predicted molar refractivity (Wildman–Crippen MR) is 77.6 cm³/mol. The molecule has 1 saturated carbocycles. The lowest BCUT2D eigenvalue weighted by Crippen LogP contribution is -2.35. The second kappa shape index (κ2) is 5.50. The van der Waals surface area contributed by atoms with Crippen LogP contribution in [0.4, 0.5) is 0 Å². The molecule has 0 amide bonds. The number of aliphatic hydroxyl groups excluding tert-OH is 1. The highest BCUT2D eigenvalue weighted by Crippen LogP contribution is 2.19. The number of hydrogen-bond acceptors (Lipinski definition) is 4. The van der Waals surface area contributed by atoms with E-state index in [0.717, 1.165) is 42.8 Å². The summed E-state index contributed by atoms with van der Waals surface area (Å²) in [4.78, 5) is 4.49. The van der Waals surface area contributed by atoms with Gasteiger partial charge in [0.05, 0.1) is 6.10 Å². The summed E-state index contributed by atoms with van der Waals surface area (Å²) in [5, 5.41) is 17.7. The fourth-order valence-corrected chi connectivity index (χ4v) is 2.72. The number of aromatic nitrogens is 3. The lowest BCUT2D eigenvalue weighted by molar-refractivity contribution is 0.148. The van der Waals surface area contributed by atoms with E-state index < -0.39 is 0 Å². The van der Waals surface area contributed by atoms with E-state index in [0.29, 0.717) is 5.92 Å². The number of nitrogens with zero attached hydrogens (tertiary/aromatic N) is 3. The van der Waals surface area contributed by atoms with Crippen LogP contribution in [-0.4, -0.2) is 31.9 Å². The molecule has 2 unspecified atom stereocenters. The minimum absolute atomic E-state index is 0.197. The minimum Gasteiger partial charge on any atom is -0.392 e. The van der Waals surface area contributed by atoms with Crippen molar-refractivity contribution in [3.63, 3.8) is 0 Å². The Morgan fingerprint density at radius 3 is 2.95 bits per heavy atom. The van der Waals surface area contributed by atoms with Gasteiger partial charge >= 0.3 is 0 Å². The molecule has 1 fully saturated rings. The maximum Gasteiger partial charge on any atom is 0.155 e. The zero-order valence-electron chi connectivity index (χ0n) is 12.1. The van der Waals surface area contributed by atoms with Crippen molar-refractivity contribution in [1.29, 1.82) is 0 Å². The van der Waals surface area contributed by atoms with Crippen LogP contribution in [0.25, 0.3) is 5.65 Å². The van der Waals surface area contributed by atoms with Crippen molar-refractivity contribution in [3.8, 4) is 0 Å². The van der Waals surface area contributed by atoms with Crippen molar-refractivity contribution in [2.24, 2.45) is 0 Å². The molecule has 5 nitrogen and oxygen atoms in total. The van der Waals surface area contributed by atoms with E-state index in [1.165, 1.54) is 0 Å². The summed E-state index contributed by atoms with van der Waals surface area (Å²) in [6, 6.07) is 4.30. The van der Waals surface area contributed by atoms with E-state index >= 15 is 0 Å². The molecule has 20 heavy (non-hydrogen) atoms. The van der Waals surface area contributed by atoms with Gasteiger partial charge in [0.2, 0.25) is 0 Å². The highest BCUT2D eigenvalue weighted by Gasteiger charge is 2.24. The zero-order valence-corrected chi connectivity index (χ0v) is 12.1. The molecule has 108 valence electrons. The number of aliphatic hydroxyl groups is 1. The van der Waals surface area contributed by atoms with E-state index in [2.05, 4.69) is 35.3 Å². The molecule has 0 saturated heterocycles. The first kappa shape index (κ1) is 13.5.